The predicted molar refractivity (Wildman–Crippen MR) is 89.0 cm³/mol. The van der Waals surface area contributed by atoms with Gasteiger partial charge in [0.2, 0.25) is 0 Å². The minimum atomic E-state index is -0.435. The summed E-state index contributed by atoms with van der Waals surface area (Å²) in [6, 6.07) is 0. The van der Waals surface area contributed by atoms with Gasteiger partial charge < -0.3 is 5.11 Å². The van der Waals surface area contributed by atoms with Gasteiger partial charge in [0.25, 0.3) is 0 Å². The van der Waals surface area contributed by atoms with Crippen LogP contribution in [0.15, 0.2) is 11.6 Å². The maximum absolute atomic E-state index is 11.0. The van der Waals surface area contributed by atoms with Crippen LogP contribution in [0.1, 0.15) is 73.1 Å². The molecular formula is C20H34O. The molecule has 1 N–H and O–H groups in total. The molecule has 0 bridgehead atoms. The molecule has 3 aliphatic carbocycles. The summed E-state index contributed by atoms with van der Waals surface area (Å²) in [5.74, 6) is 3.46. The van der Waals surface area contributed by atoms with Gasteiger partial charge in [0, 0.05) is 0 Å². The lowest BCUT2D eigenvalue weighted by molar-refractivity contribution is -0.145. The standard InChI is InChI=1S/C20H34O/c1-13(2)15-8-12-20(5,21)16-9-11-19(4)10-6-7-14(3)18(19)17(15)16/h7,13,15-18,21H,6,8-12H2,1-5H3. The highest BCUT2D eigenvalue weighted by Crippen LogP contribution is 2.62. The quantitative estimate of drug-likeness (QED) is 0.659. The van der Waals surface area contributed by atoms with Crippen molar-refractivity contribution in [1.82, 2.24) is 0 Å². The Morgan fingerprint density at radius 2 is 1.86 bits per heavy atom. The molecule has 1 nitrogen and oxygen atoms in total. The molecule has 120 valence electrons. The summed E-state index contributed by atoms with van der Waals surface area (Å²) in [4.78, 5) is 0. The van der Waals surface area contributed by atoms with E-state index in [2.05, 4.69) is 40.7 Å². The second kappa shape index (κ2) is 5.11. The number of fused-ring (bicyclic) bond motifs is 3. The normalized spacial score (nSPS) is 50.3. The molecule has 0 aromatic carbocycles. The molecule has 3 aliphatic rings. The van der Waals surface area contributed by atoms with Gasteiger partial charge in [0.05, 0.1) is 5.60 Å². The number of aliphatic hydroxyl groups is 1. The van der Waals surface area contributed by atoms with E-state index in [1.165, 1.54) is 32.1 Å². The molecule has 6 atom stereocenters. The maximum atomic E-state index is 11.0. The fraction of sp³-hybridized carbons (Fsp3) is 0.900. The zero-order valence-electron chi connectivity index (χ0n) is 14.7. The Labute approximate surface area is 131 Å². The summed E-state index contributed by atoms with van der Waals surface area (Å²) in [5.41, 5.74) is 1.68. The molecule has 0 aliphatic heterocycles. The van der Waals surface area contributed by atoms with E-state index >= 15 is 0 Å². The summed E-state index contributed by atoms with van der Waals surface area (Å²) in [5, 5.41) is 11.0. The third-order valence-electron chi connectivity index (χ3n) is 7.43. The van der Waals surface area contributed by atoms with Crippen LogP contribution in [-0.4, -0.2) is 10.7 Å². The molecule has 0 aromatic rings. The van der Waals surface area contributed by atoms with Gasteiger partial charge in [-0.2, -0.15) is 0 Å². The molecular weight excluding hydrogens is 256 g/mol. The summed E-state index contributed by atoms with van der Waals surface area (Å²) < 4.78 is 0. The Bertz CT molecular complexity index is 433. The first-order valence-corrected chi connectivity index (χ1v) is 9.15. The molecule has 3 rings (SSSR count). The van der Waals surface area contributed by atoms with Gasteiger partial charge in [0.1, 0.15) is 0 Å². The number of hydrogen-bond acceptors (Lipinski definition) is 1. The van der Waals surface area contributed by atoms with Crippen molar-refractivity contribution in [3.8, 4) is 0 Å². The summed E-state index contributed by atoms with van der Waals surface area (Å²) in [7, 11) is 0. The SMILES string of the molecule is CC1=CCCC2(C)CCC3C(C(C(C)C)CCC3(C)O)C12. The first-order chi connectivity index (χ1) is 9.76. The van der Waals surface area contributed by atoms with E-state index in [0.717, 1.165) is 18.3 Å². The lowest BCUT2D eigenvalue weighted by Crippen LogP contribution is -2.56. The largest absolute Gasteiger partial charge is 0.390 e. The van der Waals surface area contributed by atoms with Crippen LogP contribution in [0.5, 0.6) is 0 Å². The van der Waals surface area contributed by atoms with Crippen molar-refractivity contribution < 1.29 is 5.11 Å². The summed E-state index contributed by atoms with van der Waals surface area (Å²) in [6.45, 7) is 11.8. The molecule has 21 heavy (non-hydrogen) atoms. The van der Waals surface area contributed by atoms with Gasteiger partial charge in [-0.1, -0.05) is 32.4 Å². The molecule has 0 spiro atoms. The van der Waals surface area contributed by atoms with Crippen molar-refractivity contribution in [2.75, 3.05) is 0 Å². The average molecular weight is 290 g/mol. The van der Waals surface area contributed by atoms with E-state index in [9.17, 15) is 5.11 Å². The zero-order valence-corrected chi connectivity index (χ0v) is 14.7. The Morgan fingerprint density at radius 3 is 2.52 bits per heavy atom. The number of rotatable bonds is 1. The average Bonchev–Trinajstić information content (AvgIpc) is 2.36. The van der Waals surface area contributed by atoms with E-state index in [0.29, 0.717) is 23.2 Å². The van der Waals surface area contributed by atoms with E-state index in [1.54, 1.807) is 5.57 Å². The highest BCUT2D eigenvalue weighted by Gasteiger charge is 2.56. The lowest BCUT2D eigenvalue weighted by atomic mass is 9.46. The van der Waals surface area contributed by atoms with E-state index < -0.39 is 5.60 Å². The Morgan fingerprint density at radius 1 is 1.14 bits per heavy atom. The van der Waals surface area contributed by atoms with Gasteiger partial charge in [-0.3, -0.25) is 0 Å². The van der Waals surface area contributed by atoms with Crippen LogP contribution in [-0.2, 0) is 0 Å². The number of allylic oxidation sites excluding steroid dienone is 2. The number of hydrogen-bond donors (Lipinski definition) is 1. The summed E-state index contributed by atoms with van der Waals surface area (Å²) in [6.07, 6.45) is 9.88. The van der Waals surface area contributed by atoms with Gasteiger partial charge >= 0.3 is 0 Å². The molecule has 0 radical (unpaired) electrons. The van der Waals surface area contributed by atoms with Crippen molar-refractivity contribution >= 4 is 0 Å². The van der Waals surface area contributed by atoms with Crippen molar-refractivity contribution in [2.24, 2.45) is 35.0 Å². The van der Waals surface area contributed by atoms with Crippen LogP contribution < -0.4 is 0 Å². The molecule has 0 amide bonds. The van der Waals surface area contributed by atoms with E-state index in [1.807, 2.05) is 0 Å². The first kappa shape index (κ1) is 15.6. The highest BCUT2D eigenvalue weighted by molar-refractivity contribution is 5.19. The minimum Gasteiger partial charge on any atom is -0.390 e. The Balaban J connectivity index is 2.03. The van der Waals surface area contributed by atoms with Gasteiger partial charge in [0.15, 0.2) is 0 Å². The van der Waals surface area contributed by atoms with Crippen LogP contribution in [0.2, 0.25) is 0 Å². The van der Waals surface area contributed by atoms with E-state index in [4.69, 9.17) is 0 Å². The van der Waals surface area contributed by atoms with Crippen molar-refractivity contribution in [3.63, 3.8) is 0 Å². The predicted octanol–water partition coefficient (Wildman–Crippen LogP) is 5.19. The smallest absolute Gasteiger partial charge is 0.0650 e. The Kier molecular flexibility index (Phi) is 3.80. The topological polar surface area (TPSA) is 20.2 Å². The minimum absolute atomic E-state index is 0.435. The molecule has 6 unspecified atom stereocenters. The maximum Gasteiger partial charge on any atom is 0.0650 e. The molecule has 0 heterocycles. The molecule has 2 fully saturated rings. The third-order valence-corrected chi connectivity index (χ3v) is 7.43. The fourth-order valence-electron chi connectivity index (χ4n) is 6.31. The zero-order chi connectivity index (χ0) is 15.4. The molecule has 0 saturated heterocycles. The van der Waals surface area contributed by atoms with Crippen LogP contribution in [0.3, 0.4) is 0 Å². The van der Waals surface area contributed by atoms with Crippen LogP contribution >= 0.6 is 0 Å². The second-order valence-electron chi connectivity index (χ2n) is 9.14. The molecule has 2 saturated carbocycles. The van der Waals surface area contributed by atoms with Gasteiger partial charge in [-0.25, -0.2) is 0 Å². The van der Waals surface area contributed by atoms with Crippen LogP contribution in [0.25, 0.3) is 0 Å². The molecule has 0 aromatic heterocycles. The van der Waals surface area contributed by atoms with E-state index in [-0.39, 0.29) is 0 Å². The third kappa shape index (κ3) is 2.40. The van der Waals surface area contributed by atoms with Gasteiger partial charge in [-0.05, 0) is 87.4 Å². The monoisotopic (exact) mass is 290 g/mol. The second-order valence-corrected chi connectivity index (χ2v) is 9.14. The first-order valence-electron chi connectivity index (χ1n) is 9.15. The highest BCUT2D eigenvalue weighted by atomic mass is 16.3. The fourth-order valence-corrected chi connectivity index (χ4v) is 6.31. The van der Waals surface area contributed by atoms with Crippen molar-refractivity contribution in [1.29, 1.82) is 0 Å². The molecule has 1 heteroatoms. The van der Waals surface area contributed by atoms with Crippen LogP contribution in [0, 0.1) is 35.0 Å². The lowest BCUT2D eigenvalue weighted by Gasteiger charge is -2.60. The van der Waals surface area contributed by atoms with Crippen LogP contribution in [0.4, 0.5) is 0 Å². The summed E-state index contributed by atoms with van der Waals surface area (Å²) >= 11 is 0. The van der Waals surface area contributed by atoms with Gasteiger partial charge in [-0.15, -0.1) is 0 Å². The van der Waals surface area contributed by atoms with Crippen molar-refractivity contribution in [3.05, 3.63) is 11.6 Å². The Hall–Kier alpha value is -0.300. The van der Waals surface area contributed by atoms with Crippen molar-refractivity contribution in [2.45, 2.75) is 78.7 Å².